The molecular weight excluding hydrogens is 304 g/mol. The largest absolute Gasteiger partial charge is 0.481 e. The van der Waals surface area contributed by atoms with E-state index < -0.39 is 34.7 Å². The van der Waals surface area contributed by atoms with E-state index in [2.05, 4.69) is 0 Å². The third kappa shape index (κ3) is 8.32. The van der Waals surface area contributed by atoms with Crippen LogP contribution in [0, 0.1) is 10.8 Å². The SMILES string of the molecule is CCC(C)(CC(=O)O)CC(=O)OC(=O)CC(C)(CC)CC(=O)O. The van der Waals surface area contributed by atoms with Crippen LogP contribution in [-0.2, 0) is 23.9 Å². The van der Waals surface area contributed by atoms with E-state index in [4.69, 9.17) is 14.9 Å². The van der Waals surface area contributed by atoms with Crippen LogP contribution in [0.15, 0.2) is 0 Å². The molecule has 0 aromatic heterocycles. The summed E-state index contributed by atoms with van der Waals surface area (Å²) < 4.78 is 4.74. The van der Waals surface area contributed by atoms with Gasteiger partial charge in [0.2, 0.25) is 0 Å². The highest BCUT2D eigenvalue weighted by Gasteiger charge is 2.33. The lowest BCUT2D eigenvalue weighted by Crippen LogP contribution is -2.29. The number of carbonyl (C=O) groups is 4. The van der Waals surface area contributed by atoms with Gasteiger partial charge in [-0.15, -0.1) is 0 Å². The maximum Gasteiger partial charge on any atom is 0.314 e. The Morgan fingerprint density at radius 1 is 0.739 bits per heavy atom. The Labute approximate surface area is 136 Å². The number of hydrogen-bond donors (Lipinski definition) is 2. The molecule has 0 rings (SSSR count). The number of carbonyl (C=O) groups excluding carboxylic acids is 2. The second kappa shape index (κ2) is 8.64. The molecule has 132 valence electrons. The first kappa shape index (κ1) is 21.1. The summed E-state index contributed by atoms with van der Waals surface area (Å²) in [5, 5.41) is 17.7. The molecule has 0 amide bonds. The van der Waals surface area contributed by atoms with Crippen molar-refractivity contribution in [3.05, 3.63) is 0 Å². The Morgan fingerprint density at radius 2 is 1.04 bits per heavy atom. The van der Waals surface area contributed by atoms with Crippen molar-refractivity contribution in [3.8, 4) is 0 Å². The van der Waals surface area contributed by atoms with Crippen LogP contribution in [-0.4, -0.2) is 34.1 Å². The molecule has 2 atom stereocenters. The van der Waals surface area contributed by atoms with Crippen LogP contribution in [0.3, 0.4) is 0 Å². The highest BCUT2D eigenvalue weighted by atomic mass is 16.6. The number of esters is 2. The van der Waals surface area contributed by atoms with Crippen molar-refractivity contribution in [1.82, 2.24) is 0 Å². The van der Waals surface area contributed by atoms with Crippen LogP contribution in [0.4, 0.5) is 0 Å². The molecule has 2 N–H and O–H groups in total. The molecule has 7 heteroatoms. The van der Waals surface area contributed by atoms with Crippen molar-refractivity contribution < 1.29 is 34.1 Å². The lowest BCUT2D eigenvalue weighted by atomic mass is 9.80. The second-order valence-electron chi connectivity index (χ2n) is 6.67. The highest BCUT2D eigenvalue weighted by Crippen LogP contribution is 2.32. The van der Waals surface area contributed by atoms with Gasteiger partial charge in [0.05, 0.1) is 25.7 Å². The molecule has 0 fully saturated rings. The average Bonchev–Trinajstić information content (AvgIpc) is 2.35. The standard InChI is InChI=1S/C16H26O7/c1-5-15(3,7-11(17)18)9-13(21)23-14(22)10-16(4,6-2)8-12(19)20/h5-10H2,1-4H3,(H,17,18)(H,19,20). The second-order valence-corrected chi connectivity index (χ2v) is 6.67. The van der Waals surface area contributed by atoms with Crippen molar-refractivity contribution in [2.75, 3.05) is 0 Å². The molecule has 23 heavy (non-hydrogen) atoms. The molecular formula is C16H26O7. The molecule has 7 nitrogen and oxygen atoms in total. The lowest BCUT2D eigenvalue weighted by Gasteiger charge is -2.26. The van der Waals surface area contributed by atoms with Gasteiger partial charge in [-0.25, -0.2) is 0 Å². The molecule has 0 aliphatic rings. The number of carboxylic acid groups (broad SMARTS) is 2. The molecule has 0 bridgehead atoms. The zero-order chi connectivity index (χ0) is 18.3. The summed E-state index contributed by atoms with van der Waals surface area (Å²) in [6.45, 7) is 6.82. The van der Waals surface area contributed by atoms with Gasteiger partial charge in [0.25, 0.3) is 0 Å². The molecule has 0 saturated heterocycles. The van der Waals surface area contributed by atoms with Crippen molar-refractivity contribution in [2.45, 2.75) is 66.2 Å². The van der Waals surface area contributed by atoms with Crippen LogP contribution in [0.25, 0.3) is 0 Å². The Morgan fingerprint density at radius 3 is 1.26 bits per heavy atom. The van der Waals surface area contributed by atoms with E-state index in [0.717, 1.165) is 0 Å². The Kier molecular flexibility index (Phi) is 7.92. The van der Waals surface area contributed by atoms with E-state index in [9.17, 15) is 19.2 Å². The highest BCUT2D eigenvalue weighted by molar-refractivity contribution is 5.86. The van der Waals surface area contributed by atoms with Gasteiger partial charge in [-0.1, -0.05) is 27.7 Å². The summed E-state index contributed by atoms with van der Waals surface area (Å²) in [5.41, 5.74) is -1.56. The average molecular weight is 330 g/mol. The molecule has 2 unspecified atom stereocenters. The van der Waals surface area contributed by atoms with Crippen LogP contribution >= 0.6 is 0 Å². The molecule has 0 saturated carbocycles. The number of carboxylic acids is 2. The molecule has 0 spiro atoms. The van der Waals surface area contributed by atoms with Gasteiger partial charge < -0.3 is 14.9 Å². The Balaban J connectivity index is 4.68. The van der Waals surface area contributed by atoms with Gasteiger partial charge in [-0.2, -0.15) is 0 Å². The van der Waals surface area contributed by atoms with E-state index in [0.29, 0.717) is 12.8 Å². The van der Waals surface area contributed by atoms with Gasteiger partial charge >= 0.3 is 23.9 Å². The Bertz CT molecular complexity index is 429. The summed E-state index contributed by atoms with van der Waals surface area (Å²) in [6, 6.07) is 0. The van der Waals surface area contributed by atoms with Gasteiger partial charge in [-0.05, 0) is 23.7 Å². The molecule has 0 aromatic rings. The van der Waals surface area contributed by atoms with E-state index in [1.54, 1.807) is 27.7 Å². The van der Waals surface area contributed by atoms with Crippen molar-refractivity contribution in [1.29, 1.82) is 0 Å². The van der Waals surface area contributed by atoms with Crippen molar-refractivity contribution >= 4 is 23.9 Å². The number of rotatable bonds is 10. The summed E-state index contributed by atoms with van der Waals surface area (Å²) in [4.78, 5) is 45.4. The fourth-order valence-corrected chi connectivity index (χ4v) is 2.25. The third-order valence-corrected chi connectivity index (χ3v) is 4.23. The normalized spacial score (nSPS) is 16.0. The smallest absolute Gasteiger partial charge is 0.314 e. The fourth-order valence-electron chi connectivity index (χ4n) is 2.25. The topological polar surface area (TPSA) is 118 Å². The lowest BCUT2D eigenvalue weighted by molar-refractivity contribution is -0.163. The van der Waals surface area contributed by atoms with Gasteiger partial charge in [-0.3, -0.25) is 19.2 Å². The van der Waals surface area contributed by atoms with Gasteiger partial charge in [0, 0.05) is 0 Å². The van der Waals surface area contributed by atoms with Gasteiger partial charge in [0.15, 0.2) is 0 Å². The molecule has 0 aliphatic carbocycles. The zero-order valence-corrected chi connectivity index (χ0v) is 14.2. The monoisotopic (exact) mass is 330 g/mol. The first-order chi connectivity index (χ1) is 10.4. The summed E-state index contributed by atoms with van der Waals surface area (Å²) >= 11 is 0. The van der Waals surface area contributed by atoms with Crippen LogP contribution in [0.1, 0.15) is 66.2 Å². The predicted molar refractivity (Wildman–Crippen MR) is 81.6 cm³/mol. The maximum atomic E-state index is 11.9. The fraction of sp³-hybridized carbons (Fsp3) is 0.750. The van der Waals surface area contributed by atoms with Crippen molar-refractivity contribution in [2.24, 2.45) is 10.8 Å². The summed E-state index contributed by atoms with van der Waals surface area (Å²) in [5.74, 6) is -3.61. The molecule has 0 aliphatic heterocycles. The van der Waals surface area contributed by atoms with Gasteiger partial charge in [0.1, 0.15) is 0 Å². The minimum Gasteiger partial charge on any atom is -0.481 e. The first-order valence-electron chi connectivity index (χ1n) is 7.62. The van der Waals surface area contributed by atoms with Crippen molar-refractivity contribution in [3.63, 3.8) is 0 Å². The van der Waals surface area contributed by atoms with Crippen LogP contribution < -0.4 is 0 Å². The maximum absolute atomic E-state index is 11.9. The van der Waals surface area contributed by atoms with Crippen LogP contribution in [0.5, 0.6) is 0 Å². The number of hydrogen-bond acceptors (Lipinski definition) is 5. The van der Waals surface area contributed by atoms with E-state index >= 15 is 0 Å². The van der Waals surface area contributed by atoms with E-state index in [-0.39, 0.29) is 25.7 Å². The number of ether oxygens (including phenoxy) is 1. The predicted octanol–water partition coefficient (Wildman–Crippen LogP) is 2.62. The summed E-state index contributed by atoms with van der Waals surface area (Å²) in [7, 11) is 0. The molecule has 0 aromatic carbocycles. The minimum atomic E-state index is -1.02. The molecule has 0 radical (unpaired) electrons. The summed E-state index contributed by atoms with van der Waals surface area (Å²) in [6.07, 6.45) is 0.159. The van der Waals surface area contributed by atoms with E-state index in [1.165, 1.54) is 0 Å². The quantitative estimate of drug-likeness (QED) is 0.467. The number of aliphatic carboxylic acids is 2. The third-order valence-electron chi connectivity index (χ3n) is 4.23. The first-order valence-corrected chi connectivity index (χ1v) is 7.62. The molecule has 0 heterocycles. The Hall–Kier alpha value is -1.92. The van der Waals surface area contributed by atoms with Crippen LogP contribution in [0.2, 0.25) is 0 Å². The van der Waals surface area contributed by atoms with E-state index in [1.807, 2.05) is 0 Å². The minimum absolute atomic E-state index is 0.177. The zero-order valence-electron chi connectivity index (χ0n) is 14.2.